The molecule has 0 saturated carbocycles. The Morgan fingerprint density at radius 1 is 1.00 bits per heavy atom. The highest BCUT2D eigenvalue weighted by atomic mass is 16.9. The molecule has 0 bridgehead atoms. The van der Waals surface area contributed by atoms with Crippen molar-refractivity contribution in [2.75, 3.05) is 26.4 Å². The van der Waals surface area contributed by atoms with E-state index in [0.717, 1.165) is 12.8 Å². The first-order valence-electron chi connectivity index (χ1n) is 6.28. The minimum Gasteiger partial charge on any atom is -0.330 e. The molecular weight excluding hydrogens is 206 g/mol. The molecule has 0 spiro atoms. The largest absolute Gasteiger partial charge is 0.330 e. The van der Waals surface area contributed by atoms with Crippen molar-refractivity contribution >= 4 is 0 Å². The summed E-state index contributed by atoms with van der Waals surface area (Å²) >= 11 is 0. The summed E-state index contributed by atoms with van der Waals surface area (Å²) in [7, 11) is 0. The topological polar surface area (TPSA) is 53.7 Å². The SMILES string of the molecule is CCOC(OCC)(OCC)C(C)CCCN. The molecule has 0 amide bonds. The summed E-state index contributed by atoms with van der Waals surface area (Å²) in [6.07, 6.45) is 1.90. The van der Waals surface area contributed by atoms with Gasteiger partial charge in [-0.2, -0.15) is 0 Å². The minimum absolute atomic E-state index is 0.177. The van der Waals surface area contributed by atoms with Gasteiger partial charge in [-0.25, -0.2) is 0 Å². The van der Waals surface area contributed by atoms with Crippen LogP contribution in [0.3, 0.4) is 0 Å². The highest BCUT2D eigenvalue weighted by Crippen LogP contribution is 2.29. The van der Waals surface area contributed by atoms with E-state index in [0.29, 0.717) is 26.4 Å². The lowest BCUT2D eigenvalue weighted by Crippen LogP contribution is -2.45. The van der Waals surface area contributed by atoms with Gasteiger partial charge in [-0.3, -0.25) is 0 Å². The van der Waals surface area contributed by atoms with Crippen LogP contribution in [-0.4, -0.2) is 32.3 Å². The van der Waals surface area contributed by atoms with Gasteiger partial charge in [-0.15, -0.1) is 0 Å². The zero-order valence-corrected chi connectivity index (χ0v) is 11.1. The normalized spacial score (nSPS) is 14.1. The summed E-state index contributed by atoms with van der Waals surface area (Å²) in [6.45, 7) is 10.3. The van der Waals surface area contributed by atoms with Gasteiger partial charge in [0.05, 0.1) is 0 Å². The van der Waals surface area contributed by atoms with Crippen molar-refractivity contribution < 1.29 is 14.2 Å². The molecule has 0 fully saturated rings. The summed E-state index contributed by atoms with van der Waals surface area (Å²) in [6, 6.07) is 0. The van der Waals surface area contributed by atoms with Crippen molar-refractivity contribution in [3.8, 4) is 0 Å². The molecule has 0 radical (unpaired) electrons. The molecule has 0 aliphatic rings. The molecular formula is C12H27NO3. The van der Waals surface area contributed by atoms with Crippen LogP contribution in [0.4, 0.5) is 0 Å². The monoisotopic (exact) mass is 233 g/mol. The number of hydrogen-bond donors (Lipinski definition) is 1. The zero-order valence-electron chi connectivity index (χ0n) is 11.1. The summed E-state index contributed by atoms with van der Waals surface area (Å²) in [5.41, 5.74) is 5.52. The van der Waals surface area contributed by atoms with Crippen molar-refractivity contribution in [2.24, 2.45) is 11.7 Å². The van der Waals surface area contributed by atoms with Gasteiger partial charge in [0.15, 0.2) is 0 Å². The van der Waals surface area contributed by atoms with Crippen LogP contribution in [0.5, 0.6) is 0 Å². The molecule has 0 aliphatic heterocycles. The summed E-state index contributed by atoms with van der Waals surface area (Å²) in [5, 5.41) is 0. The van der Waals surface area contributed by atoms with Gasteiger partial charge in [0, 0.05) is 25.7 Å². The lowest BCUT2D eigenvalue weighted by Gasteiger charge is -2.37. The van der Waals surface area contributed by atoms with Gasteiger partial charge in [-0.1, -0.05) is 6.92 Å². The molecule has 0 aromatic heterocycles. The molecule has 0 aliphatic carbocycles. The lowest BCUT2D eigenvalue weighted by atomic mass is 10.0. The van der Waals surface area contributed by atoms with E-state index in [-0.39, 0.29) is 5.92 Å². The molecule has 4 nitrogen and oxygen atoms in total. The van der Waals surface area contributed by atoms with Crippen molar-refractivity contribution in [1.82, 2.24) is 0 Å². The summed E-state index contributed by atoms with van der Waals surface area (Å²) < 4.78 is 17.1. The third-order valence-electron chi connectivity index (χ3n) is 2.48. The van der Waals surface area contributed by atoms with E-state index in [1.54, 1.807) is 0 Å². The fourth-order valence-electron chi connectivity index (χ4n) is 1.76. The molecule has 0 heterocycles. The third-order valence-corrected chi connectivity index (χ3v) is 2.48. The first-order valence-corrected chi connectivity index (χ1v) is 6.28. The van der Waals surface area contributed by atoms with Crippen LogP contribution in [0.2, 0.25) is 0 Å². The molecule has 1 unspecified atom stereocenters. The molecule has 0 saturated heterocycles. The number of nitrogens with two attached hydrogens (primary N) is 1. The first kappa shape index (κ1) is 15.8. The maximum Gasteiger partial charge on any atom is 0.285 e. The summed E-state index contributed by atoms with van der Waals surface area (Å²) in [4.78, 5) is 0. The van der Waals surface area contributed by atoms with E-state index in [4.69, 9.17) is 19.9 Å². The van der Waals surface area contributed by atoms with E-state index in [2.05, 4.69) is 6.92 Å². The molecule has 1 atom stereocenters. The highest BCUT2D eigenvalue weighted by molar-refractivity contribution is 4.68. The van der Waals surface area contributed by atoms with E-state index < -0.39 is 5.97 Å². The van der Waals surface area contributed by atoms with Crippen molar-refractivity contribution in [3.63, 3.8) is 0 Å². The quantitative estimate of drug-likeness (QED) is 0.587. The Labute approximate surface area is 99.4 Å². The minimum atomic E-state index is -0.895. The molecule has 0 rings (SSSR count). The van der Waals surface area contributed by atoms with Gasteiger partial charge >= 0.3 is 0 Å². The summed E-state index contributed by atoms with van der Waals surface area (Å²) in [5.74, 6) is -0.719. The second-order valence-electron chi connectivity index (χ2n) is 3.73. The van der Waals surface area contributed by atoms with E-state index >= 15 is 0 Å². The predicted octanol–water partition coefficient (Wildman–Crippen LogP) is 2.12. The molecule has 0 aromatic carbocycles. The molecule has 16 heavy (non-hydrogen) atoms. The molecule has 0 aromatic rings. The second-order valence-corrected chi connectivity index (χ2v) is 3.73. The zero-order chi connectivity index (χ0) is 12.4. The van der Waals surface area contributed by atoms with Gasteiger partial charge in [-0.05, 0) is 40.2 Å². The van der Waals surface area contributed by atoms with Crippen LogP contribution in [0, 0.1) is 5.92 Å². The Hall–Kier alpha value is -0.160. The molecule has 4 heteroatoms. The van der Waals surface area contributed by atoms with Crippen LogP contribution >= 0.6 is 0 Å². The van der Waals surface area contributed by atoms with Crippen LogP contribution in [0.25, 0.3) is 0 Å². The predicted molar refractivity (Wildman–Crippen MR) is 65.1 cm³/mol. The smallest absolute Gasteiger partial charge is 0.285 e. The standard InChI is InChI=1S/C12H27NO3/c1-5-14-12(15-6-2,16-7-3)11(4)9-8-10-13/h11H,5-10,13H2,1-4H3. The Kier molecular flexibility index (Phi) is 8.84. The average molecular weight is 233 g/mol. The van der Waals surface area contributed by atoms with E-state index in [1.165, 1.54) is 0 Å². The fraction of sp³-hybridized carbons (Fsp3) is 1.00. The molecule has 2 N–H and O–H groups in total. The number of hydrogen-bond acceptors (Lipinski definition) is 4. The van der Waals surface area contributed by atoms with Crippen LogP contribution in [-0.2, 0) is 14.2 Å². The Morgan fingerprint density at radius 3 is 1.75 bits per heavy atom. The highest BCUT2D eigenvalue weighted by Gasteiger charge is 2.38. The maximum absolute atomic E-state index is 5.68. The maximum atomic E-state index is 5.68. The number of rotatable bonds is 10. The van der Waals surface area contributed by atoms with Gasteiger partial charge in [0.25, 0.3) is 5.97 Å². The van der Waals surface area contributed by atoms with Crippen molar-refractivity contribution in [3.05, 3.63) is 0 Å². The Balaban J connectivity index is 4.54. The van der Waals surface area contributed by atoms with E-state index in [9.17, 15) is 0 Å². The number of ether oxygens (including phenoxy) is 3. The lowest BCUT2D eigenvalue weighted by molar-refractivity contribution is -0.400. The van der Waals surface area contributed by atoms with Gasteiger partial charge in [0.2, 0.25) is 0 Å². The van der Waals surface area contributed by atoms with Crippen LogP contribution in [0.1, 0.15) is 40.5 Å². The average Bonchev–Trinajstić information content (AvgIpc) is 2.26. The van der Waals surface area contributed by atoms with E-state index in [1.807, 2.05) is 20.8 Å². The van der Waals surface area contributed by atoms with Gasteiger partial charge < -0.3 is 19.9 Å². The molecule has 98 valence electrons. The van der Waals surface area contributed by atoms with Gasteiger partial charge in [0.1, 0.15) is 0 Å². The van der Waals surface area contributed by atoms with Crippen molar-refractivity contribution in [2.45, 2.75) is 46.5 Å². The Bertz CT molecular complexity index is 147. The fourth-order valence-corrected chi connectivity index (χ4v) is 1.76. The van der Waals surface area contributed by atoms with Crippen LogP contribution in [0.15, 0.2) is 0 Å². The second kappa shape index (κ2) is 8.93. The van der Waals surface area contributed by atoms with Crippen molar-refractivity contribution in [1.29, 1.82) is 0 Å². The third kappa shape index (κ3) is 4.78. The van der Waals surface area contributed by atoms with Crippen LogP contribution < -0.4 is 5.73 Å². The Morgan fingerprint density at radius 2 is 1.44 bits per heavy atom. The first-order chi connectivity index (χ1) is 7.66.